The van der Waals surface area contributed by atoms with Gasteiger partial charge in [-0.2, -0.15) is 0 Å². The van der Waals surface area contributed by atoms with Crippen LogP contribution in [0.4, 0.5) is 4.39 Å². The van der Waals surface area contributed by atoms with E-state index in [0.29, 0.717) is 28.7 Å². The van der Waals surface area contributed by atoms with Gasteiger partial charge in [0.2, 0.25) is 0 Å². The third-order valence-corrected chi connectivity index (χ3v) is 4.13. The summed E-state index contributed by atoms with van der Waals surface area (Å²) in [6.07, 6.45) is 1.92. The van der Waals surface area contributed by atoms with Gasteiger partial charge in [0, 0.05) is 18.6 Å². The van der Waals surface area contributed by atoms with Crippen LogP contribution in [0, 0.1) is 5.82 Å². The molecule has 0 aliphatic rings. The fraction of sp³-hybridized carbons (Fsp3) is 0.263. The van der Waals surface area contributed by atoms with E-state index in [1.807, 2.05) is 44.0 Å². The minimum absolute atomic E-state index is 0.213. The van der Waals surface area contributed by atoms with Crippen molar-refractivity contribution >= 4 is 16.8 Å². The van der Waals surface area contributed by atoms with Crippen LogP contribution in [0.25, 0.3) is 22.3 Å². The summed E-state index contributed by atoms with van der Waals surface area (Å²) in [5.41, 5.74) is 2.63. The van der Waals surface area contributed by atoms with E-state index in [2.05, 4.69) is 10.3 Å². The number of aromatic nitrogens is 2. The molecule has 130 valence electrons. The van der Waals surface area contributed by atoms with Crippen LogP contribution in [-0.2, 0) is 7.05 Å². The number of amides is 1. The molecule has 0 atom stereocenters. The fourth-order valence-corrected chi connectivity index (χ4v) is 2.77. The first-order valence-electron chi connectivity index (χ1n) is 8.25. The molecule has 0 saturated carbocycles. The SMILES string of the molecule is Cn1cccc1-c1cc(C(=O)NCC[NH+](C)C)c2cc(F)ccc2n1. The lowest BCUT2D eigenvalue weighted by Crippen LogP contribution is -3.06. The molecule has 6 heteroatoms. The molecule has 2 aromatic heterocycles. The van der Waals surface area contributed by atoms with Gasteiger partial charge in [-0.3, -0.25) is 4.79 Å². The molecule has 2 N–H and O–H groups in total. The maximum absolute atomic E-state index is 13.7. The predicted molar refractivity (Wildman–Crippen MR) is 96.1 cm³/mol. The number of nitrogens with zero attached hydrogens (tertiary/aromatic N) is 2. The molecular formula is C19H22FN4O+. The van der Waals surface area contributed by atoms with E-state index >= 15 is 0 Å². The molecule has 0 saturated heterocycles. The van der Waals surface area contributed by atoms with Crippen molar-refractivity contribution < 1.29 is 14.1 Å². The number of quaternary nitrogens is 1. The molecule has 3 rings (SSSR count). The van der Waals surface area contributed by atoms with Crippen LogP contribution >= 0.6 is 0 Å². The second-order valence-electron chi connectivity index (χ2n) is 6.43. The molecule has 1 aromatic carbocycles. The van der Waals surface area contributed by atoms with Crippen molar-refractivity contribution in [2.75, 3.05) is 27.2 Å². The molecule has 0 bridgehead atoms. The number of halogens is 1. The molecule has 0 fully saturated rings. The van der Waals surface area contributed by atoms with Crippen molar-refractivity contribution in [2.45, 2.75) is 0 Å². The lowest BCUT2D eigenvalue weighted by molar-refractivity contribution is -0.856. The van der Waals surface area contributed by atoms with Gasteiger partial charge in [0.05, 0.1) is 49.7 Å². The number of rotatable bonds is 5. The Kier molecular flexibility index (Phi) is 4.81. The van der Waals surface area contributed by atoms with Crippen molar-refractivity contribution in [3.05, 3.63) is 54.0 Å². The topological polar surface area (TPSA) is 51.4 Å². The molecule has 0 radical (unpaired) electrons. The van der Waals surface area contributed by atoms with Crippen LogP contribution in [0.1, 0.15) is 10.4 Å². The number of benzene rings is 1. The van der Waals surface area contributed by atoms with E-state index in [-0.39, 0.29) is 11.7 Å². The molecule has 0 spiro atoms. The molecule has 1 amide bonds. The first-order valence-corrected chi connectivity index (χ1v) is 8.25. The lowest BCUT2D eigenvalue weighted by Gasteiger charge is -2.12. The molecular weight excluding hydrogens is 319 g/mol. The molecule has 0 aliphatic heterocycles. The highest BCUT2D eigenvalue weighted by Crippen LogP contribution is 2.25. The van der Waals surface area contributed by atoms with Gasteiger partial charge >= 0.3 is 0 Å². The monoisotopic (exact) mass is 341 g/mol. The summed E-state index contributed by atoms with van der Waals surface area (Å²) < 4.78 is 15.6. The highest BCUT2D eigenvalue weighted by atomic mass is 19.1. The minimum Gasteiger partial charge on any atom is -0.349 e. The number of pyridine rings is 1. The number of likely N-dealkylation sites (N-methyl/N-ethyl adjacent to an activating group) is 1. The number of hydrogen-bond acceptors (Lipinski definition) is 2. The quantitative estimate of drug-likeness (QED) is 0.734. The largest absolute Gasteiger partial charge is 0.349 e. The van der Waals surface area contributed by atoms with Gasteiger partial charge in [0.1, 0.15) is 5.82 Å². The number of hydrogen-bond donors (Lipinski definition) is 2. The van der Waals surface area contributed by atoms with E-state index in [1.54, 1.807) is 12.1 Å². The molecule has 25 heavy (non-hydrogen) atoms. The number of nitrogens with one attached hydrogen (secondary N) is 2. The Morgan fingerprint density at radius 2 is 2.08 bits per heavy atom. The first kappa shape index (κ1) is 17.1. The third-order valence-electron chi connectivity index (χ3n) is 4.13. The van der Waals surface area contributed by atoms with Crippen molar-refractivity contribution in [1.82, 2.24) is 14.9 Å². The van der Waals surface area contributed by atoms with E-state index in [1.165, 1.54) is 17.0 Å². The Bertz CT molecular complexity index is 917. The van der Waals surface area contributed by atoms with E-state index in [9.17, 15) is 9.18 Å². The van der Waals surface area contributed by atoms with Gasteiger partial charge in [0.15, 0.2) is 0 Å². The van der Waals surface area contributed by atoms with E-state index in [0.717, 1.165) is 12.2 Å². The van der Waals surface area contributed by atoms with Crippen LogP contribution in [0.2, 0.25) is 0 Å². The zero-order valence-corrected chi connectivity index (χ0v) is 14.6. The number of carbonyl (C=O) groups is 1. The van der Waals surface area contributed by atoms with Crippen LogP contribution < -0.4 is 10.2 Å². The van der Waals surface area contributed by atoms with Crippen molar-refractivity contribution in [3.8, 4) is 11.4 Å². The zero-order valence-electron chi connectivity index (χ0n) is 14.6. The predicted octanol–water partition coefficient (Wildman–Crippen LogP) is 1.25. The van der Waals surface area contributed by atoms with Crippen molar-refractivity contribution in [3.63, 3.8) is 0 Å². The summed E-state index contributed by atoms with van der Waals surface area (Å²) in [6, 6.07) is 9.93. The van der Waals surface area contributed by atoms with Crippen LogP contribution in [0.3, 0.4) is 0 Å². The average Bonchev–Trinajstić information content (AvgIpc) is 2.99. The lowest BCUT2D eigenvalue weighted by atomic mass is 10.1. The highest BCUT2D eigenvalue weighted by molar-refractivity contribution is 6.07. The maximum Gasteiger partial charge on any atom is 0.252 e. The summed E-state index contributed by atoms with van der Waals surface area (Å²) in [5, 5.41) is 3.43. The van der Waals surface area contributed by atoms with Gasteiger partial charge in [-0.15, -0.1) is 0 Å². The van der Waals surface area contributed by atoms with Crippen LogP contribution in [0.5, 0.6) is 0 Å². The molecule has 0 aliphatic carbocycles. The standard InChI is InChI=1S/C19H21FN4O/c1-23(2)10-8-21-19(25)15-12-17(18-5-4-9-24(18)3)22-16-7-6-13(20)11-14(15)16/h4-7,9,11-12H,8,10H2,1-3H3,(H,21,25)/p+1. The number of aryl methyl sites for hydroxylation is 1. The van der Waals surface area contributed by atoms with E-state index < -0.39 is 0 Å². The van der Waals surface area contributed by atoms with Crippen molar-refractivity contribution in [2.24, 2.45) is 7.05 Å². The zero-order chi connectivity index (χ0) is 18.0. The Hall–Kier alpha value is -2.73. The second kappa shape index (κ2) is 7.03. The summed E-state index contributed by atoms with van der Waals surface area (Å²) in [5.74, 6) is -0.595. The fourth-order valence-electron chi connectivity index (χ4n) is 2.77. The summed E-state index contributed by atoms with van der Waals surface area (Å²) >= 11 is 0. The highest BCUT2D eigenvalue weighted by Gasteiger charge is 2.15. The number of fused-ring (bicyclic) bond motifs is 1. The maximum atomic E-state index is 13.7. The van der Waals surface area contributed by atoms with Crippen LogP contribution in [-0.4, -0.2) is 42.6 Å². The summed E-state index contributed by atoms with van der Waals surface area (Å²) in [6.45, 7) is 1.37. The minimum atomic E-state index is -0.382. The first-order chi connectivity index (χ1) is 12.0. The average molecular weight is 341 g/mol. The molecule has 3 aromatic rings. The van der Waals surface area contributed by atoms with Gasteiger partial charge in [-0.05, 0) is 36.4 Å². The Morgan fingerprint density at radius 1 is 1.28 bits per heavy atom. The van der Waals surface area contributed by atoms with Gasteiger partial charge < -0.3 is 14.8 Å². The Morgan fingerprint density at radius 3 is 2.76 bits per heavy atom. The molecule has 2 heterocycles. The van der Waals surface area contributed by atoms with Crippen LogP contribution in [0.15, 0.2) is 42.6 Å². The van der Waals surface area contributed by atoms with Gasteiger partial charge in [-0.1, -0.05) is 0 Å². The smallest absolute Gasteiger partial charge is 0.252 e. The molecule has 0 unspecified atom stereocenters. The normalized spacial score (nSPS) is 11.2. The van der Waals surface area contributed by atoms with Crippen molar-refractivity contribution in [1.29, 1.82) is 0 Å². The Labute approximate surface area is 146 Å². The second-order valence-corrected chi connectivity index (χ2v) is 6.43. The van der Waals surface area contributed by atoms with Gasteiger partial charge in [-0.25, -0.2) is 9.37 Å². The van der Waals surface area contributed by atoms with Gasteiger partial charge in [0.25, 0.3) is 5.91 Å². The third kappa shape index (κ3) is 3.69. The number of carbonyl (C=O) groups excluding carboxylic acids is 1. The molecule has 5 nitrogen and oxygen atoms in total. The summed E-state index contributed by atoms with van der Waals surface area (Å²) in [4.78, 5) is 18.5. The summed E-state index contributed by atoms with van der Waals surface area (Å²) in [7, 11) is 5.97. The van der Waals surface area contributed by atoms with E-state index in [4.69, 9.17) is 0 Å². The Balaban J connectivity index is 2.06.